The van der Waals surface area contributed by atoms with Gasteiger partial charge in [0.15, 0.2) is 0 Å². The van der Waals surface area contributed by atoms with Gasteiger partial charge in [-0.2, -0.15) is 5.10 Å². The average molecular weight is 170 g/mol. The molecule has 0 radical (unpaired) electrons. The molecule has 1 heterocycles. The molecule has 1 rings (SSSR count). The second kappa shape index (κ2) is 15.9. The van der Waals surface area contributed by atoms with Gasteiger partial charge in [-0.25, -0.2) is 20.4 Å². The zero-order valence-electron chi connectivity index (χ0n) is 5.90. The number of carbonyl (C=O) groups excluding carboxylic acids is 2. The van der Waals surface area contributed by atoms with Gasteiger partial charge in [-0.1, -0.05) is 0 Å². The van der Waals surface area contributed by atoms with Crippen LogP contribution in [-0.4, -0.2) is 18.4 Å². The number of isocyanates is 2. The highest BCUT2D eigenvalue weighted by Crippen LogP contribution is 1.74. The molecule has 64 valence electrons. The third kappa shape index (κ3) is 25.1. The summed E-state index contributed by atoms with van der Waals surface area (Å²) in [7, 11) is 0. The number of allylic oxidation sites excluding steroid dienone is 1. The molecule has 7 heteroatoms. The standard InChI is InChI=1S/C3H4N2O.2CHNO/c1-2-4-5-6-3-1;2*2-1-3/h1-3,5H;2*2H. The Morgan fingerprint density at radius 2 is 1.83 bits per heavy atom. The molecular formula is C5H6N4O3. The van der Waals surface area contributed by atoms with E-state index < -0.39 is 0 Å². The van der Waals surface area contributed by atoms with E-state index in [0.29, 0.717) is 0 Å². The molecule has 0 atom stereocenters. The summed E-state index contributed by atoms with van der Waals surface area (Å²) in [6, 6.07) is 0. The first-order valence-electron chi connectivity index (χ1n) is 2.50. The Morgan fingerprint density at radius 3 is 1.92 bits per heavy atom. The van der Waals surface area contributed by atoms with Crippen molar-refractivity contribution in [3.8, 4) is 0 Å². The fourth-order valence-corrected chi connectivity index (χ4v) is 0.209. The first kappa shape index (κ1) is 12.4. The number of hydrogen-bond donors (Lipinski definition) is 3. The van der Waals surface area contributed by atoms with Crippen molar-refractivity contribution in [2.24, 2.45) is 5.10 Å². The quantitative estimate of drug-likeness (QED) is 0.345. The summed E-state index contributed by atoms with van der Waals surface area (Å²) in [6.45, 7) is 0. The fourth-order valence-electron chi connectivity index (χ4n) is 0.209. The van der Waals surface area contributed by atoms with Crippen LogP contribution in [-0.2, 0) is 14.4 Å². The predicted octanol–water partition coefficient (Wildman–Crippen LogP) is -0.177. The number of hydrogen-bond acceptors (Lipinski definition) is 7. The number of nitrogens with zero attached hydrogens (tertiary/aromatic N) is 1. The molecule has 0 amide bonds. The molecule has 0 fully saturated rings. The first-order chi connectivity index (χ1) is 5.83. The van der Waals surface area contributed by atoms with Crippen LogP contribution in [0.25, 0.3) is 0 Å². The molecule has 0 spiro atoms. The summed E-state index contributed by atoms with van der Waals surface area (Å²) in [5, 5.41) is 14.3. The molecule has 0 aromatic heterocycles. The van der Waals surface area contributed by atoms with Gasteiger partial charge < -0.3 is 4.84 Å². The number of hydrazone groups is 1. The van der Waals surface area contributed by atoms with Crippen LogP contribution in [0.5, 0.6) is 0 Å². The van der Waals surface area contributed by atoms with E-state index in [4.69, 9.17) is 20.4 Å². The lowest BCUT2D eigenvalue weighted by molar-refractivity contribution is 0.136. The molecule has 1 aliphatic rings. The zero-order chi connectivity index (χ0) is 9.66. The molecule has 3 N–H and O–H groups in total. The summed E-state index contributed by atoms with van der Waals surface area (Å²) >= 11 is 0. The van der Waals surface area contributed by atoms with Crippen LogP contribution >= 0.6 is 0 Å². The summed E-state index contributed by atoms with van der Waals surface area (Å²) in [6.07, 6.45) is 6.30. The monoisotopic (exact) mass is 170 g/mol. The molecule has 0 aliphatic carbocycles. The lowest BCUT2D eigenvalue weighted by atomic mass is 10.7. The van der Waals surface area contributed by atoms with Gasteiger partial charge in [-0.3, -0.25) is 0 Å². The van der Waals surface area contributed by atoms with Crippen LogP contribution in [0.1, 0.15) is 0 Å². The Bertz CT molecular complexity index is 187. The van der Waals surface area contributed by atoms with Crippen LogP contribution in [0, 0.1) is 10.8 Å². The smallest absolute Gasteiger partial charge is 0.231 e. The van der Waals surface area contributed by atoms with Crippen LogP contribution in [0.15, 0.2) is 17.4 Å². The van der Waals surface area contributed by atoms with E-state index >= 15 is 0 Å². The topological polar surface area (TPSA) is 115 Å². The maximum Gasteiger partial charge on any atom is 0.231 e. The van der Waals surface area contributed by atoms with E-state index in [2.05, 4.69) is 15.5 Å². The van der Waals surface area contributed by atoms with E-state index in [-0.39, 0.29) is 0 Å². The lowest BCUT2D eigenvalue weighted by Gasteiger charge is -1.96. The highest BCUT2D eigenvalue weighted by Gasteiger charge is 1.73. The van der Waals surface area contributed by atoms with Crippen molar-refractivity contribution in [1.82, 2.24) is 5.59 Å². The normalized spacial score (nSPS) is 9.33. The highest BCUT2D eigenvalue weighted by molar-refractivity contribution is 5.70. The van der Waals surface area contributed by atoms with Crippen molar-refractivity contribution in [2.75, 3.05) is 0 Å². The summed E-state index contributed by atoms with van der Waals surface area (Å²) in [5.74, 6) is 0. The molecule has 0 saturated heterocycles. The van der Waals surface area contributed by atoms with Crippen LogP contribution in [0.4, 0.5) is 0 Å². The molecule has 1 aliphatic heterocycles. The number of nitrogens with one attached hydrogen (secondary N) is 3. The Hall–Kier alpha value is -2.23. The second-order valence-corrected chi connectivity index (χ2v) is 1.02. The van der Waals surface area contributed by atoms with Crippen LogP contribution < -0.4 is 5.59 Å². The molecule has 12 heavy (non-hydrogen) atoms. The molecule has 0 bridgehead atoms. The van der Waals surface area contributed by atoms with Crippen molar-refractivity contribution >= 4 is 18.4 Å². The van der Waals surface area contributed by atoms with Crippen molar-refractivity contribution in [3.63, 3.8) is 0 Å². The fraction of sp³-hybridized carbons (Fsp3) is 0. The summed E-state index contributed by atoms with van der Waals surface area (Å²) in [4.78, 5) is 21.1. The van der Waals surface area contributed by atoms with E-state index in [9.17, 15) is 0 Å². The van der Waals surface area contributed by atoms with Gasteiger partial charge in [0, 0.05) is 0 Å². The average Bonchev–Trinajstić information content (AvgIpc) is 2.10. The second-order valence-electron chi connectivity index (χ2n) is 1.02. The minimum atomic E-state index is 0.750. The Balaban J connectivity index is 0. The first-order valence-corrected chi connectivity index (χ1v) is 2.50. The van der Waals surface area contributed by atoms with E-state index in [1.54, 1.807) is 12.3 Å². The molecule has 0 aromatic carbocycles. The van der Waals surface area contributed by atoms with Crippen LogP contribution in [0.3, 0.4) is 0 Å². The van der Waals surface area contributed by atoms with Crippen LogP contribution in [0.2, 0.25) is 0 Å². The maximum atomic E-state index is 8.35. The minimum Gasteiger partial charge on any atom is -0.373 e. The highest BCUT2D eigenvalue weighted by atomic mass is 16.7. The van der Waals surface area contributed by atoms with Gasteiger partial charge in [0.2, 0.25) is 12.2 Å². The van der Waals surface area contributed by atoms with Gasteiger partial charge in [0.05, 0.1) is 6.21 Å². The molecule has 7 nitrogen and oxygen atoms in total. The Kier molecular flexibility index (Phi) is 16.5. The van der Waals surface area contributed by atoms with Crippen molar-refractivity contribution < 1.29 is 14.4 Å². The van der Waals surface area contributed by atoms with Crippen molar-refractivity contribution in [3.05, 3.63) is 12.3 Å². The Labute approximate surface area is 67.7 Å². The van der Waals surface area contributed by atoms with Gasteiger partial charge in [-0.15, -0.1) is 5.59 Å². The summed E-state index contributed by atoms with van der Waals surface area (Å²) in [5.41, 5.74) is 2.27. The van der Waals surface area contributed by atoms with E-state index in [1.807, 2.05) is 0 Å². The third-order valence-electron chi connectivity index (χ3n) is 0.413. The van der Waals surface area contributed by atoms with Crippen molar-refractivity contribution in [2.45, 2.75) is 0 Å². The van der Waals surface area contributed by atoms with Crippen molar-refractivity contribution in [1.29, 1.82) is 10.8 Å². The Morgan fingerprint density at radius 1 is 1.33 bits per heavy atom. The number of rotatable bonds is 0. The molecule has 0 unspecified atom stereocenters. The summed E-state index contributed by atoms with van der Waals surface area (Å²) < 4.78 is 0. The van der Waals surface area contributed by atoms with E-state index in [0.717, 1.165) is 12.2 Å². The molecule has 0 aromatic rings. The lowest BCUT2D eigenvalue weighted by Crippen LogP contribution is -2.03. The largest absolute Gasteiger partial charge is 0.373 e. The molecule has 0 saturated carbocycles. The van der Waals surface area contributed by atoms with Gasteiger partial charge in [0.1, 0.15) is 6.26 Å². The molecular weight excluding hydrogens is 164 g/mol. The van der Waals surface area contributed by atoms with E-state index in [1.165, 1.54) is 6.26 Å². The maximum absolute atomic E-state index is 8.35. The zero-order valence-corrected chi connectivity index (χ0v) is 5.90. The third-order valence-corrected chi connectivity index (χ3v) is 0.413. The van der Waals surface area contributed by atoms with Gasteiger partial charge >= 0.3 is 0 Å². The minimum absolute atomic E-state index is 0.750. The van der Waals surface area contributed by atoms with Gasteiger partial charge in [0.25, 0.3) is 0 Å². The SMILES string of the molecule is C1=CONN=C1.N=C=O.N=C=O. The van der Waals surface area contributed by atoms with Gasteiger partial charge in [-0.05, 0) is 6.08 Å². The predicted molar refractivity (Wildman–Crippen MR) is 38.7 cm³/mol.